The molecule has 0 N–H and O–H groups in total. The largest absolute Gasteiger partial charge is 0.495 e. The first kappa shape index (κ1) is 21.9. The lowest BCUT2D eigenvalue weighted by atomic mass is 10.3. The Kier molecular flexibility index (Phi) is 7.22. The number of benzene rings is 1. The van der Waals surface area contributed by atoms with Gasteiger partial charge in [-0.05, 0) is 33.2 Å². The molecule has 1 amide bonds. The number of halogens is 1. The molecule has 0 saturated heterocycles. The number of carbonyl (C=O) groups excluding carboxylic acids is 1. The molecule has 0 saturated carbocycles. The zero-order valence-electron chi connectivity index (χ0n) is 16.4. The first-order chi connectivity index (χ1) is 12.9. The van der Waals surface area contributed by atoms with Crippen molar-refractivity contribution in [3.8, 4) is 11.5 Å². The van der Waals surface area contributed by atoms with Crippen molar-refractivity contribution < 1.29 is 18.8 Å². The van der Waals surface area contributed by atoms with Crippen molar-refractivity contribution in [2.45, 2.75) is 6.92 Å². The van der Waals surface area contributed by atoms with Gasteiger partial charge in [-0.3, -0.25) is 9.69 Å². The monoisotopic (exact) mass is 426 g/mol. The van der Waals surface area contributed by atoms with E-state index in [1.807, 2.05) is 25.1 Å². The number of anilines is 1. The van der Waals surface area contributed by atoms with E-state index < -0.39 is 0 Å². The Morgan fingerprint density at radius 3 is 2.43 bits per heavy atom. The molecule has 28 heavy (non-hydrogen) atoms. The van der Waals surface area contributed by atoms with Crippen LogP contribution in [0, 0.1) is 6.92 Å². The Morgan fingerprint density at radius 1 is 1.18 bits per heavy atom. The first-order valence-corrected chi connectivity index (χ1v) is 9.17. The average molecular weight is 427 g/mol. The maximum Gasteiger partial charge on any atom is 0.282 e. The van der Waals surface area contributed by atoms with Crippen LogP contribution in [0.2, 0.25) is 0 Å². The van der Waals surface area contributed by atoms with E-state index in [0.29, 0.717) is 41.0 Å². The summed E-state index contributed by atoms with van der Waals surface area (Å²) in [5.74, 6) is 1.64. The molecule has 0 aliphatic heterocycles. The SMILES string of the molecule is COc1ccc(OC)c2sc(N(CCN(C)C)C(=O)c3cc(C)on3)nc12.Cl. The molecule has 10 heteroatoms. The quantitative estimate of drug-likeness (QED) is 0.573. The number of thiazole rings is 1. The highest BCUT2D eigenvalue weighted by atomic mass is 35.5. The highest BCUT2D eigenvalue weighted by molar-refractivity contribution is 7.22. The van der Waals surface area contributed by atoms with Gasteiger partial charge >= 0.3 is 0 Å². The van der Waals surface area contributed by atoms with Crippen molar-refractivity contribution in [3.63, 3.8) is 0 Å². The van der Waals surface area contributed by atoms with Crippen LogP contribution in [-0.4, -0.2) is 62.4 Å². The summed E-state index contributed by atoms with van der Waals surface area (Å²) < 4.78 is 16.7. The van der Waals surface area contributed by atoms with Gasteiger partial charge in [0.1, 0.15) is 27.5 Å². The van der Waals surface area contributed by atoms with Crippen molar-refractivity contribution in [2.24, 2.45) is 0 Å². The molecule has 1 aromatic carbocycles. The summed E-state index contributed by atoms with van der Waals surface area (Å²) in [6, 6.07) is 5.26. The number of nitrogens with zero attached hydrogens (tertiary/aromatic N) is 4. The number of carbonyl (C=O) groups is 1. The van der Waals surface area contributed by atoms with Crippen LogP contribution in [0.5, 0.6) is 11.5 Å². The summed E-state index contributed by atoms with van der Waals surface area (Å²) in [6.45, 7) is 2.89. The molecule has 2 aromatic heterocycles. The number of aromatic nitrogens is 2. The van der Waals surface area contributed by atoms with Gasteiger partial charge in [-0.25, -0.2) is 4.98 Å². The number of amides is 1. The van der Waals surface area contributed by atoms with Crippen molar-refractivity contribution in [1.82, 2.24) is 15.0 Å². The summed E-state index contributed by atoms with van der Waals surface area (Å²) in [5.41, 5.74) is 0.917. The predicted molar refractivity (Wildman–Crippen MR) is 111 cm³/mol. The van der Waals surface area contributed by atoms with Gasteiger partial charge in [-0.1, -0.05) is 16.5 Å². The summed E-state index contributed by atoms with van der Waals surface area (Å²) in [4.78, 5) is 21.3. The van der Waals surface area contributed by atoms with E-state index in [2.05, 4.69) is 10.1 Å². The molecular weight excluding hydrogens is 404 g/mol. The molecule has 3 aromatic rings. The average Bonchev–Trinajstić information content (AvgIpc) is 3.27. The van der Waals surface area contributed by atoms with Gasteiger partial charge in [0.2, 0.25) is 0 Å². The Morgan fingerprint density at radius 2 is 1.86 bits per heavy atom. The summed E-state index contributed by atoms with van der Waals surface area (Å²) in [7, 11) is 7.10. The summed E-state index contributed by atoms with van der Waals surface area (Å²) >= 11 is 1.38. The van der Waals surface area contributed by atoms with Crippen molar-refractivity contribution >= 4 is 45.0 Å². The van der Waals surface area contributed by atoms with Gasteiger partial charge in [0.25, 0.3) is 5.91 Å². The number of rotatable bonds is 7. The minimum atomic E-state index is -0.259. The minimum absolute atomic E-state index is 0. The standard InChI is InChI=1S/C18H22N4O4S.ClH/c1-11-10-12(20-26-11)17(23)22(9-8-21(2)3)18-19-15-13(24-4)6-7-14(25-5)16(15)27-18;/h6-7,10H,8-9H2,1-5H3;1H. The topological polar surface area (TPSA) is 80.9 Å². The lowest BCUT2D eigenvalue weighted by Gasteiger charge is -2.20. The van der Waals surface area contributed by atoms with E-state index in [4.69, 9.17) is 14.0 Å². The number of aryl methyl sites for hydroxylation is 1. The van der Waals surface area contributed by atoms with Crippen LogP contribution < -0.4 is 14.4 Å². The van der Waals surface area contributed by atoms with Crippen LogP contribution >= 0.6 is 23.7 Å². The maximum absolute atomic E-state index is 13.0. The predicted octanol–water partition coefficient (Wildman–Crippen LogP) is 3.24. The molecule has 0 fully saturated rings. The second kappa shape index (κ2) is 9.22. The molecule has 0 aliphatic carbocycles. The van der Waals surface area contributed by atoms with Crippen LogP contribution in [0.1, 0.15) is 16.2 Å². The van der Waals surface area contributed by atoms with Gasteiger partial charge in [0, 0.05) is 19.2 Å². The maximum atomic E-state index is 13.0. The molecule has 0 bridgehead atoms. The minimum Gasteiger partial charge on any atom is -0.495 e. The van der Waals surface area contributed by atoms with E-state index in [1.54, 1.807) is 38.2 Å². The molecule has 0 unspecified atom stereocenters. The number of methoxy groups -OCH3 is 2. The lowest BCUT2D eigenvalue weighted by molar-refractivity contribution is 0.0976. The van der Waals surface area contributed by atoms with Crippen LogP contribution in [-0.2, 0) is 0 Å². The molecule has 3 rings (SSSR count). The summed E-state index contributed by atoms with van der Waals surface area (Å²) in [6.07, 6.45) is 0. The van der Waals surface area contributed by atoms with Gasteiger partial charge in [0.15, 0.2) is 10.8 Å². The fraction of sp³-hybridized carbons (Fsp3) is 0.389. The smallest absolute Gasteiger partial charge is 0.282 e. The highest BCUT2D eigenvalue weighted by Crippen LogP contribution is 2.40. The van der Waals surface area contributed by atoms with Crippen LogP contribution in [0.15, 0.2) is 22.7 Å². The second-order valence-electron chi connectivity index (χ2n) is 6.23. The zero-order chi connectivity index (χ0) is 19.6. The van der Waals surface area contributed by atoms with Crippen molar-refractivity contribution in [1.29, 1.82) is 0 Å². The van der Waals surface area contributed by atoms with E-state index in [-0.39, 0.29) is 24.0 Å². The third-order valence-electron chi connectivity index (χ3n) is 3.99. The van der Waals surface area contributed by atoms with Crippen molar-refractivity contribution in [2.75, 3.05) is 46.3 Å². The molecular formula is C18H23ClN4O4S. The normalized spacial score (nSPS) is 10.8. The molecule has 0 spiro atoms. The van der Waals surface area contributed by atoms with E-state index >= 15 is 0 Å². The van der Waals surface area contributed by atoms with Crippen molar-refractivity contribution in [3.05, 3.63) is 29.7 Å². The number of hydrogen-bond acceptors (Lipinski definition) is 8. The Balaban J connectivity index is 0.00000280. The second-order valence-corrected chi connectivity index (χ2v) is 7.20. The molecule has 2 heterocycles. The Bertz CT molecular complexity index is 915. The number of ether oxygens (including phenoxy) is 2. The van der Waals surface area contributed by atoms with Gasteiger partial charge in [-0.2, -0.15) is 0 Å². The zero-order valence-corrected chi connectivity index (χ0v) is 18.0. The van der Waals surface area contributed by atoms with Gasteiger partial charge in [0.05, 0.1) is 14.2 Å². The van der Waals surface area contributed by atoms with Gasteiger partial charge < -0.3 is 18.9 Å². The molecule has 152 valence electrons. The van der Waals surface area contributed by atoms with Crippen LogP contribution in [0.25, 0.3) is 10.2 Å². The summed E-state index contributed by atoms with van der Waals surface area (Å²) in [5, 5.41) is 4.41. The fourth-order valence-electron chi connectivity index (χ4n) is 2.58. The van der Waals surface area contributed by atoms with E-state index in [0.717, 1.165) is 4.70 Å². The third kappa shape index (κ3) is 4.37. The van der Waals surface area contributed by atoms with E-state index in [1.165, 1.54) is 11.3 Å². The number of likely N-dealkylation sites (N-methyl/N-ethyl adjacent to an activating group) is 1. The lowest BCUT2D eigenvalue weighted by Crippen LogP contribution is -2.36. The van der Waals surface area contributed by atoms with Crippen LogP contribution in [0.3, 0.4) is 0 Å². The molecule has 8 nitrogen and oxygen atoms in total. The Hall–Kier alpha value is -2.36. The van der Waals surface area contributed by atoms with Gasteiger partial charge in [-0.15, -0.1) is 12.4 Å². The highest BCUT2D eigenvalue weighted by Gasteiger charge is 2.25. The molecule has 0 radical (unpaired) electrons. The third-order valence-corrected chi connectivity index (χ3v) is 5.09. The Labute approximate surface area is 173 Å². The van der Waals surface area contributed by atoms with E-state index in [9.17, 15) is 4.79 Å². The number of fused-ring (bicyclic) bond motifs is 1. The molecule has 0 atom stereocenters. The van der Waals surface area contributed by atoms with Crippen LogP contribution in [0.4, 0.5) is 5.13 Å². The fourth-order valence-corrected chi connectivity index (χ4v) is 3.68. The number of hydrogen-bond donors (Lipinski definition) is 0. The first-order valence-electron chi connectivity index (χ1n) is 8.36. The molecule has 0 aliphatic rings.